The maximum atomic E-state index is 12.3. The van der Waals surface area contributed by atoms with E-state index in [0.29, 0.717) is 15.8 Å². The van der Waals surface area contributed by atoms with E-state index in [2.05, 4.69) is 5.32 Å². The topological polar surface area (TPSA) is 47.6 Å². The van der Waals surface area contributed by atoms with Crippen LogP contribution in [0.25, 0.3) is 0 Å². The van der Waals surface area contributed by atoms with Gasteiger partial charge >= 0.3 is 0 Å². The predicted molar refractivity (Wildman–Crippen MR) is 96.1 cm³/mol. The fourth-order valence-electron chi connectivity index (χ4n) is 2.17. The van der Waals surface area contributed by atoms with Gasteiger partial charge in [0.05, 0.1) is 13.2 Å². The maximum Gasteiger partial charge on any atom is 0.261 e. The predicted octanol–water partition coefficient (Wildman–Crippen LogP) is 4.65. The van der Waals surface area contributed by atoms with E-state index in [1.807, 2.05) is 6.92 Å². The van der Waals surface area contributed by atoms with Crippen molar-refractivity contribution in [1.82, 2.24) is 5.32 Å². The molecule has 0 heterocycles. The molecule has 0 radical (unpaired) electrons. The van der Waals surface area contributed by atoms with Gasteiger partial charge in [-0.3, -0.25) is 4.79 Å². The summed E-state index contributed by atoms with van der Waals surface area (Å²) in [7, 11) is 1.59. The van der Waals surface area contributed by atoms with Gasteiger partial charge in [-0.2, -0.15) is 0 Å². The van der Waals surface area contributed by atoms with E-state index in [-0.39, 0.29) is 11.9 Å². The highest BCUT2D eigenvalue weighted by Gasteiger charge is 2.19. The molecule has 4 nitrogen and oxygen atoms in total. The molecular formula is C18H19Cl2NO3. The molecule has 2 atom stereocenters. The lowest BCUT2D eigenvalue weighted by Crippen LogP contribution is -2.37. The van der Waals surface area contributed by atoms with E-state index in [1.165, 1.54) is 0 Å². The van der Waals surface area contributed by atoms with Crippen molar-refractivity contribution in [3.05, 3.63) is 58.1 Å². The van der Waals surface area contributed by atoms with Crippen LogP contribution >= 0.6 is 23.2 Å². The summed E-state index contributed by atoms with van der Waals surface area (Å²) in [5.41, 5.74) is 0.797. The van der Waals surface area contributed by atoms with Crippen LogP contribution in [0.15, 0.2) is 42.5 Å². The second-order valence-electron chi connectivity index (χ2n) is 5.33. The summed E-state index contributed by atoms with van der Waals surface area (Å²) in [6.45, 7) is 3.54. The first-order valence-corrected chi connectivity index (χ1v) is 8.22. The van der Waals surface area contributed by atoms with Crippen LogP contribution < -0.4 is 14.8 Å². The number of carbonyl (C=O) groups is 1. The third kappa shape index (κ3) is 4.79. The minimum Gasteiger partial charge on any atom is -0.497 e. The van der Waals surface area contributed by atoms with Crippen molar-refractivity contribution in [3.63, 3.8) is 0 Å². The highest BCUT2D eigenvalue weighted by Crippen LogP contribution is 2.26. The lowest BCUT2D eigenvalue weighted by molar-refractivity contribution is -0.127. The molecule has 2 rings (SSSR count). The molecule has 0 saturated carbocycles. The first kappa shape index (κ1) is 18.4. The first-order valence-electron chi connectivity index (χ1n) is 7.46. The summed E-state index contributed by atoms with van der Waals surface area (Å²) in [4.78, 5) is 12.3. The van der Waals surface area contributed by atoms with Gasteiger partial charge < -0.3 is 14.8 Å². The normalized spacial score (nSPS) is 13.0. The van der Waals surface area contributed by atoms with Gasteiger partial charge in [-0.05, 0) is 55.8 Å². The lowest BCUT2D eigenvalue weighted by Gasteiger charge is -2.20. The van der Waals surface area contributed by atoms with Gasteiger partial charge in [0.1, 0.15) is 11.5 Å². The highest BCUT2D eigenvalue weighted by atomic mass is 35.5. The Hall–Kier alpha value is -1.91. The molecule has 0 aliphatic carbocycles. The number of benzene rings is 2. The lowest BCUT2D eigenvalue weighted by atomic mass is 10.1. The minimum atomic E-state index is -0.646. The van der Waals surface area contributed by atoms with Crippen molar-refractivity contribution < 1.29 is 14.3 Å². The number of amides is 1. The molecule has 24 heavy (non-hydrogen) atoms. The van der Waals surface area contributed by atoms with Crippen molar-refractivity contribution in [2.75, 3.05) is 7.11 Å². The van der Waals surface area contributed by atoms with Crippen LogP contribution in [0.2, 0.25) is 10.0 Å². The fourth-order valence-corrected chi connectivity index (χ4v) is 2.75. The molecule has 0 bridgehead atoms. The number of carbonyl (C=O) groups excluding carboxylic acids is 1. The van der Waals surface area contributed by atoms with Gasteiger partial charge in [0, 0.05) is 10.0 Å². The number of methoxy groups -OCH3 is 1. The smallest absolute Gasteiger partial charge is 0.261 e. The third-order valence-electron chi connectivity index (χ3n) is 3.53. The highest BCUT2D eigenvalue weighted by molar-refractivity contribution is 6.35. The van der Waals surface area contributed by atoms with E-state index >= 15 is 0 Å². The summed E-state index contributed by atoms with van der Waals surface area (Å²) in [5.74, 6) is 1.09. The van der Waals surface area contributed by atoms with Crippen molar-refractivity contribution >= 4 is 29.1 Å². The van der Waals surface area contributed by atoms with Crippen LogP contribution in [0.5, 0.6) is 11.5 Å². The Balaban J connectivity index is 1.97. The molecule has 0 fully saturated rings. The van der Waals surface area contributed by atoms with Gasteiger partial charge in [-0.1, -0.05) is 29.3 Å². The SMILES string of the molecule is COc1ccc(O[C@@H](C)C(=O)N[C@H](C)c2ccc(Cl)cc2Cl)cc1. The van der Waals surface area contributed by atoms with E-state index in [9.17, 15) is 4.79 Å². The number of ether oxygens (including phenoxy) is 2. The minimum absolute atomic E-state index is 0.232. The first-order chi connectivity index (χ1) is 11.4. The van der Waals surface area contributed by atoms with Gasteiger partial charge in [-0.15, -0.1) is 0 Å². The number of nitrogens with one attached hydrogen (secondary N) is 1. The molecule has 1 amide bonds. The number of halogens is 2. The van der Waals surface area contributed by atoms with Crippen LogP contribution in [0, 0.1) is 0 Å². The van der Waals surface area contributed by atoms with Gasteiger partial charge in [0.15, 0.2) is 6.10 Å². The van der Waals surface area contributed by atoms with E-state index < -0.39 is 6.10 Å². The van der Waals surface area contributed by atoms with Crippen LogP contribution in [-0.2, 0) is 4.79 Å². The van der Waals surface area contributed by atoms with Crippen molar-refractivity contribution in [1.29, 1.82) is 0 Å². The van der Waals surface area contributed by atoms with Crippen LogP contribution in [-0.4, -0.2) is 19.1 Å². The molecule has 128 valence electrons. The van der Waals surface area contributed by atoms with Crippen LogP contribution in [0.4, 0.5) is 0 Å². The Kier molecular flexibility index (Phi) is 6.35. The zero-order valence-electron chi connectivity index (χ0n) is 13.7. The molecule has 2 aromatic carbocycles. The van der Waals surface area contributed by atoms with E-state index in [0.717, 1.165) is 11.3 Å². The largest absolute Gasteiger partial charge is 0.497 e. The Bertz CT molecular complexity index is 704. The monoisotopic (exact) mass is 367 g/mol. The summed E-state index contributed by atoms with van der Waals surface area (Å²) < 4.78 is 10.7. The van der Waals surface area contributed by atoms with Crippen molar-refractivity contribution in [3.8, 4) is 11.5 Å². The Morgan fingerprint density at radius 1 is 1.04 bits per heavy atom. The number of rotatable bonds is 6. The average molecular weight is 368 g/mol. The molecule has 0 aromatic heterocycles. The summed E-state index contributed by atoms with van der Waals surface area (Å²) in [5, 5.41) is 3.95. The molecule has 0 unspecified atom stereocenters. The molecule has 0 aliphatic heterocycles. The second kappa shape index (κ2) is 8.27. The van der Waals surface area contributed by atoms with Crippen LogP contribution in [0.3, 0.4) is 0 Å². The molecule has 0 aliphatic rings. The van der Waals surface area contributed by atoms with E-state index in [1.54, 1.807) is 56.5 Å². The zero-order valence-corrected chi connectivity index (χ0v) is 15.2. The Morgan fingerprint density at radius 3 is 2.25 bits per heavy atom. The number of hydrogen-bond acceptors (Lipinski definition) is 3. The summed E-state index contributed by atoms with van der Waals surface area (Å²) in [6.07, 6.45) is -0.646. The second-order valence-corrected chi connectivity index (χ2v) is 6.18. The Labute approximate surface area is 151 Å². The summed E-state index contributed by atoms with van der Waals surface area (Å²) >= 11 is 12.1. The third-order valence-corrected chi connectivity index (χ3v) is 4.09. The fraction of sp³-hybridized carbons (Fsp3) is 0.278. The maximum absolute atomic E-state index is 12.3. The molecule has 6 heteroatoms. The summed E-state index contributed by atoms with van der Waals surface area (Å²) in [6, 6.07) is 12.0. The van der Waals surface area contributed by atoms with Gasteiger partial charge in [-0.25, -0.2) is 0 Å². The molecule has 2 aromatic rings. The Morgan fingerprint density at radius 2 is 1.67 bits per heavy atom. The zero-order chi connectivity index (χ0) is 17.7. The molecule has 1 N–H and O–H groups in total. The standard InChI is InChI=1S/C18H19Cl2NO3/c1-11(16-9-4-13(19)10-17(16)20)21-18(22)12(2)24-15-7-5-14(23-3)6-8-15/h4-12H,1-3H3,(H,21,22)/t11-,12+/m1/s1. The molecule has 0 saturated heterocycles. The van der Waals surface area contributed by atoms with Gasteiger partial charge in [0.2, 0.25) is 0 Å². The van der Waals surface area contributed by atoms with Crippen molar-refractivity contribution in [2.24, 2.45) is 0 Å². The van der Waals surface area contributed by atoms with Gasteiger partial charge in [0.25, 0.3) is 5.91 Å². The van der Waals surface area contributed by atoms with Crippen molar-refractivity contribution in [2.45, 2.75) is 26.0 Å². The molecule has 0 spiro atoms. The van der Waals surface area contributed by atoms with E-state index in [4.69, 9.17) is 32.7 Å². The quantitative estimate of drug-likeness (QED) is 0.808. The average Bonchev–Trinajstić information content (AvgIpc) is 2.55. The van der Waals surface area contributed by atoms with Crippen LogP contribution in [0.1, 0.15) is 25.5 Å². The number of hydrogen-bond donors (Lipinski definition) is 1. The molecular weight excluding hydrogens is 349 g/mol.